The second-order valence-corrected chi connectivity index (χ2v) is 7.49. The van der Waals surface area contributed by atoms with Crippen LogP contribution in [-0.2, 0) is 17.6 Å². The standard InChI is InChI=1S/C21H20N4O3S/c1-3-13-4-9-16-17(12-13)29-21(22-16)23-18(26)10-11-19-24-20(25-28-19)14-5-7-15(27-2)8-6-14/h4-9,12H,3,10-11H2,1-2H3,(H,22,23,26). The Labute approximate surface area is 171 Å². The number of anilines is 1. The van der Waals surface area contributed by atoms with Crippen LogP contribution in [0.1, 0.15) is 24.8 Å². The highest BCUT2D eigenvalue weighted by Gasteiger charge is 2.13. The number of aryl methyl sites for hydroxylation is 2. The fraction of sp³-hybridized carbons (Fsp3) is 0.238. The maximum atomic E-state index is 12.3. The van der Waals surface area contributed by atoms with Crippen molar-refractivity contribution in [3.8, 4) is 17.1 Å². The van der Waals surface area contributed by atoms with Crippen LogP contribution in [0.2, 0.25) is 0 Å². The minimum absolute atomic E-state index is 0.135. The van der Waals surface area contributed by atoms with Crippen molar-refractivity contribution < 1.29 is 14.1 Å². The summed E-state index contributed by atoms with van der Waals surface area (Å²) in [5.41, 5.74) is 2.97. The minimum atomic E-state index is -0.135. The lowest BCUT2D eigenvalue weighted by Crippen LogP contribution is -2.12. The number of fused-ring (bicyclic) bond motifs is 1. The number of nitrogens with zero attached hydrogens (tertiary/aromatic N) is 3. The molecule has 29 heavy (non-hydrogen) atoms. The van der Waals surface area contributed by atoms with E-state index in [4.69, 9.17) is 9.26 Å². The van der Waals surface area contributed by atoms with Gasteiger partial charge in [0, 0.05) is 18.4 Å². The average molecular weight is 408 g/mol. The zero-order valence-electron chi connectivity index (χ0n) is 16.1. The quantitative estimate of drug-likeness (QED) is 0.485. The number of carbonyl (C=O) groups excluding carboxylic acids is 1. The predicted molar refractivity (Wildman–Crippen MR) is 112 cm³/mol. The molecule has 1 N–H and O–H groups in total. The Morgan fingerprint density at radius 2 is 2.00 bits per heavy atom. The van der Waals surface area contributed by atoms with E-state index in [1.165, 1.54) is 16.9 Å². The number of hydrogen-bond acceptors (Lipinski definition) is 7. The largest absolute Gasteiger partial charge is 0.497 e. The lowest BCUT2D eigenvalue weighted by atomic mass is 10.2. The smallest absolute Gasteiger partial charge is 0.227 e. The fourth-order valence-corrected chi connectivity index (χ4v) is 3.80. The predicted octanol–water partition coefficient (Wildman–Crippen LogP) is 4.49. The van der Waals surface area contributed by atoms with Gasteiger partial charge in [0.25, 0.3) is 0 Å². The topological polar surface area (TPSA) is 90.1 Å². The Kier molecular flexibility index (Phi) is 5.53. The molecule has 0 unspecified atom stereocenters. The van der Waals surface area contributed by atoms with Crippen molar-refractivity contribution in [1.29, 1.82) is 0 Å². The van der Waals surface area contributed by atoms with Gasteiger partial charge in [-0.3, -0.25) is 4.79 Å². The van der Waals surface area contributed by atoms with E-state index in [9.17, 15) is 4.79 Å². The molecule has 2 heterocycles. The van der Waals surface area contributed by atoms with Gasteiger partial charge in [-0.15, -0.1) is 0 Å². The Bertz CT molecular complexity index is 1130. The van der Waals surface area contributed by atoms with Crippen LogP contribution in [0.25, 0.3) is 21.6 Å². The third kappa shape index (κ3) is 4.43. The summed E-state index contributed by atoms with van der Waals surface area (Å²) in [5, 5.41) is 7.43. The minimum Gasteiger partial charge on any atom is -0.497 e. The summed E-state index contributed by atoms with van der Waals surface area (Å²) in [7, 11) is 1.61. The number of hydrogen-bond donors (Lipinski definition) is 1. The van der Waals surface area contributed by atoms with Gasteiger partial charge >= 0.3 is 0 Å². The molecule has 0 fully saturated rings. The Morgan fingerprint density at radius 1 is 1.17 bits per heavy atom. The number of methoxy groups -OCH3 is 1. The van der Waals surface area contributed by atoms with E-state index in [2.05, 4.69) is 39.5 Å². The van der Waals surface area contributed by atoms with Crippen LogP contribution in [0.4, 0.5) is 5.13 Å². The van der Waals surface area contributed by atoms with Crippen molar-refractivity contribution in [3.63, 3.8) is 0 Å². The summed E-state index contributed by atoms with van der Waals surface area (Å²) in [5.74, 6) is 1.53. The highest BCUT2D eigenvalue weighted by atomic mass is 32.1. The first-order chi connectivity index (χ1) is 14.1. The number of rotatable bonds is 7. The summed E-state index contributed by atoms with van der Waals surface area (Å²) in [6, 6.07) is 13.5. The third-order valence-corrected chi connectivity index (χ3v) is 5.42. The molecule has 0 radical (unpaired) electrons. The molecule has 0 aliphatic carbocycles. The van der Waals surface area contributed by atoms with Crippen LogP contribution in [0.3, 0.4) is 0 Å². The Balaban J connectivity index is 1.35. The van der Waals surface area contributed by atoms with Gasteiger partial charge < -0.3 is 14.6 Å². The molecule has 2 aromatic heterocycles. The van der Waals surface area contributed by atoms with E-state index in [1.54, 1.807) is 7.11 Å². The Hall–Kier alpha value is -3.26. The van der Waals surface area contributed by atoms with Crippen molar-refractivity contribution >= 4 is 32.6 Å². The number of nitrogens with one attached hydrogen (secondary N) is 1. The highest BCUT2D eigenvalue weighted by Crippen LogP contribution is 2.27. The van der Waals surface area contributed by atoms with Gasteiger partial charge in [-0.2, -0.15) is 4.98 Å². The molecule has 0 bridgehead atoms. The first kappa shape index (κ1) is 19.1. The van der Waals surface area contributed by atoms with Crippen molar-refractivity contribution in [3.05, 3.63) is 53.9 Å². The van der Waals surface area contributed by atoms with Gasteiger partial charge in [-0.25, -0.2) is 4.98 Å². The van der Waals surface area contributed by atoms with Gasteiger partial charge in [0.05, 0.1) is 17.3 Å². The molecule has 0 atom stereocenters. The first-order valence-corrected chi connectivity index (χ1v) is 10.1. The third-order valence-electron chi connectivity index (χ3n) is 4.49. The molecule has 2 aromatic carbocycles. The molecule has 0 aliphatic heterocycles. The molecule has 0 aliphatic rings. The van der Waals surface area contributed by atoms with Crippen molar-refractivity contribution in [2.45, 2.75) is 26.2 Å². The van der Waals surface area contributed by atoms with Crippen LogP contribution in [0.15, 0.2) is 47.0 Å². The molecule has 7 nitrogen and oxygen atoms in total. The van der Waals surface area contributed by atoms with Gasteiger partial charge in [0.2, 0.25) is 17.6 Å². The van der Waals surface area contributed by atoms with Crippen LogP contribution < -0.4 is 10.1 Å². The molecule has 0 saturated heterocycles. The normalized spacial score (nSPS) is 11.0. The molecular formula is C21H20N4O3S. The number of carbonyl (C=O) groups is 1. The highest BCUT2D eigenvalue weighted by molar-refractivity contribution is 7.22. The lowest BCUT2D eigenvalue weighted by molar-refractivity contribution is -0.116. The fourth-order valence-electron chi connectivity index (χ4n) is 2.86. The molecule has 148 valence electrons. The molecule has 8 heteroatoms. The van der Waals surface area contributed by atoms with Crippen molar-refractivity contribution in [1.82, 2.24) is 15.1 Å². The summed E-state index contributed by atoms with van der Waals surface area (Å²) >= 11 is 1.48. The second kappa shape index (κ2) is 8.40. The summed E-state index contributed by atoms with van der Waals surface area (Å²) in [6.45, 7) is 2.11. The zero-order chi connectivity index (χ0) is 20.2. The number of ether oxygens (including phenoxy) is 1. The van der Waals surface area contributed by atoms with Crippen LogP contribution in [0, 0.1) is 0 Å². The van der Waals surface area contributed by atoms with Gasteiger partial charge in [0.15, 0.2) is 5.13 Å². The Morgan fingerprint density at radius 3 is 2.76 bits per heavy atom. The van der Waals surface area contributed by atoms with E-state index < -0.39 is 0 Å². The maximum Gasteiger partial charge on any atom is 0.227 e. The van der Waals surface area contributed by atoms with E-state index in [1.807, 2.05) is 30.3 Å². The summed E-state index contributed by atoms with van der Waals surface area (Å²) < 4.78 is 11.5. The van der Waals surface area contributed by atoms with Crippen LogP contribution >= 0.6 is 11.3 Å². The number of amides is 1. The second-order valence-electron chi connectivity index (χ2n) is 6.46. The summed E-state index contributed by atoms with van der Waals surface area (Å²) in [4.78, 5) is 21.1. The molecule has 0 spiro atoms. The first-order valence-electron chi connectivity index (χ1n) is 9.31. The van der Waals surface area contributed by atoms with E-state index in [-0.39, 0.29) is 12.3 Å². The van der Waals surface area contributed by atoms with Crippen LogP contribution in [0.5, 0.6) is 5.75 Å². The SMILES string of the molecule is CCc1ccc2nc(NC(=O)CCc3nc(-c4ccc(OC)cc4)no3)sc2c1. The van der Waals surface area contributed by atoms with Gasteiger partial charge in [0.1, 0.15) is 5.75 Å². The number of benzene rings is 2. The van der Waals surface area contributed by atoms with Gasteiger partial charge in [-0.05, 0) is 48.4 Å². The van der Waals surface area contributed by atoms with E-state index in [0.29, 0.717) is 23.3 Å². The molecule has 0 saturated carbocycles. The maximum absolute atomic E-state index is 12.3. The average Bonchev–Trinajstić information content (AvgIpc) is 3.38. The monoisotopic (exact) mass is 408 g/mol. The van der Waals surface area contributed by atoms with Crippen LogP contribution in [-0.4, -0.2) is 28.1 Å². The molecule has 1 amide bonds. The molecular weight excluding hydrogens is 388 g/mol. The molecule has 4 aromatic rings. The zero-order valence-corrected chi connectivity index (χ0v) is 17.0. The van der Waals surface area contributed by atoms with E-state index in [0.717, 1.165) is 28.0 Å². The number of thiazole rings is 1. The van der Waals surface area contributed by atoms with E-state index >= 15 is 0 Å². The molecule has 4 rings (SSSR count). The number of aromatic nitrogens is 3. The summed E-state index contributed by atoms with van der Waals surface area (Å²) in [6.07, 6.45) is 1.57. The van der Waals surface area contributed by atoms with Crippen molar-refractivity contribution in [2.75, 3.05) is 12.4 Å². The van der Waals surface area contributed by atoms with Crippen molar-refractivity contribution in [2.24, 2.45) is 0 Å². The lowest BCUT2D eigenvalue weighted by Gasteiger charge is -1.99. The van der Waals surface area contributed by atoms with Gasteiger partial charge in [-0.1, -0.05) is 29.5 Å².